The van der Waals surface area contributed by atoms with E-state index in [0.29, 0.717) is 27.0 Å². The number of fused-ring (bicyclic) bond motifs is 3. The summed E-state index contributed by atoms with van der Waals surface area (Å²) in [6, 6.07) is 6.89. The van der Waals surface area contributed by atoms with Gasteiger partial charge in [-0.15, -0.1) is 11.3 Å². The van der Waals surface area contributed by atoms with Crippen LogP contribution >= 0.6 is 34.5 Å². The number of piperidine rings is 1. The molecule has 2 saturated heterocycles. The smallest absolute Gasteiger partial charge is 0.263 e. The summed E-state index contributed by atoms with van der Waals surface area (Å²) in [7, 11) is 0. The number of carbonyl (C=O) groups is 1. The zero-order valence-corrected chi connectivity index (χ0v) is 14.2. The van der Waals surface area contributed by atoms with Crippen molar-refractivity contribution in [2.75, 3.05) is 0 Å². The number of hydrogen-bond acceptors (Lipinski definition) is 3. The molecule has 3 nitrogen and oxygen atoms in total. The first-order chi connectivity index (χ1) is 10.6. The van der Waals surface area contributed by atoms with Crippen LogP contribution in [0.3, 0.4) is 0 Å². The Bertz CT molecular complexity index is 733. The third-order valence-electron chi connectivity index (χ3n) is 4.61. The second-order valence-electron chi connectivity index (χ2n) is 6.17. The molecular weight excluding hydrogens is 339 g/mol. The number of rotatable bonds is 2. The highest BCUT2D eigenvalue weighted by molar-refractivity contribution is 7.21. The molecule has 1 amide bonds. The number of amides is 1. The highest BCUT2D eigenvalue weighted by Gasteiger charge is 2.34. The fourth-order valence-corrected chi connectivity index (χ4v) is 5.31. The van der Waals surface area contributed by atoms with Crippen molar-refractivity contribution in [3.8, 4) is 0 Å². The first-order valence-electron chi connectivity index (χ1n) is 7.54. The molecule has 1 aromatic heterocycles. The van der Waals surface area contributed by atoms with Crippen LogP contribution in [0.2, 0.25) is 10.0 Å². The highest BCUT2D eigenvalue weighted by atomic mass is 35.5. The van der Waals surface area contributed by atoms with Gasteiger partial charge in [-0.25, -0.2) is 0 Å². The number of benzene rings is 1. The first-order valence-corrected chi connectivity index (χ1v) is 9.12. The Hall–Kier alpha value is -0.810. The minimum Gasteiger partial charge on any atom is -0.348 e. The lowest BCUT2D eigenvalue weighted by molar-refractivity contribution is 0.0928. The lowest BCUT2D eigenvalue weighted by Gasteiger charge is -2.29. The van der Waals surface area contributed by atoms with Crippen LogP contribution in [0, 0.1) is 0 Å². The minimum atomic E-state index is -0.0615. The molecule has 2 aliphatic heterocycles. The SMILES string of the molecule is O=C(NC1CC2CCC(C1)N2)c1sc2cc(Cl)ccc2c1Cl. The van der Waals surface area contributed by atoms with Gasteiger partial charge in [-0.1, -0.05) is 29.3 Å². The van der Waals surface area contributed by atoms with Crippen molar-refractivity contribution < 1.29 is 4.79 Å². The van der Waals surface area contributed by atoms with Gasteiger partial charge in [-0.2, -0.15) is 0 Å². The van der Waals surface area contributed by atoms with E-state index in [-0.39, 0.29) is 11.9 Å². The van der Waals surface area contributed by atoms with Crippen molar-refractivity contribution in [1.29, 1.82) is 0 Å². The van der Waals surface area contributed by atoms with Crippen LogP contribution in [-0.4, -0.2) is 24.0 Å². The third-order valence-corrected chi connectivity index (χ3v) is 6.50. The van der Waals surface area contributed by atoms with Crippen LogP contribution in [0.4, 0.5) is 0 Å². The summed E-state index contributed by atoms with van der Waals surface area (Å²) in [5.74, 6) is -0.0615. The molecule has 2 aromatic rings. The van der Waals surface area contributed by atoms with Crippen LogP contribution in [0.25, 0.3) is 10.1 Å². The normalized spacial score (nSPS) is 27.3. The summed E-state index contributed by atoms with van der Waals surface area (Å²) in [5.41, 5.74) is 0. The Morgan fingerprint density at radius 2 is 1.95 bits per heavy atom. The molecule has 6 heteroatoms. The molecule has 22 heavy (non-hydrogen) atoms. The van der Waals surface area contributed by atoms with E-state index in [1.165, 1.54) is 24.2 Å². The predicted molar refractivity (Wildman–Crippen MR) is 92.3 cm³/mol. The van der Waals surface area contributed by atoms with Gasteiger partial charge >= 0.3 is 0 Å². The number of hydrogen-bond donors (Lipinski definition) is 2. The lowest BCUT2D eigenvalue weighted by atomic mass is 10.00. The van der Waals surface area contributed by atoms with Crippen LogP contribution < -0.4 is 10.6 Å². The summed E-state index contributed by atoms with van der Waals surface area (Å²) in [4.78, 5) is 13.2. The van der Waals surface area contributed by atoms with E-state index in [2.05, 4.69) is 10.6 Å². The highest BCUT2D eigenvalue weighted by Crippen LogP contribution is 2.37. The number of carbonyl (C=O) groups excluding carboxylic acids is 1. The summed E-state index contributed by atoms with van der Waals surface area (Å²) in [6.07, 6.45) is 4.46. The summed E-state index contributed by atoms with van der Waals surface area (Å²) < 4.78 is 0.952. The second kappa shape index (κ2) is 5.68. The molecule has 1 aromatic carbocycles. The maximum atomic E-state index is 12.6. The van der Waals surface area contributed by atoms with E-state index < -0.39 is 0 Å². The Morgan fingerprint density at radius 3 is 2.68 bits per heavy atom. The van der Waals surface area contributed by atoms with E-state index in [1.54, 1.807) is 6.07 Å². The van der Waals surface area contributed by atoms with Gasteiger partial charge in [0.25, 0.3) is 5.91 Å². The minimum absolute atomic E-state index is 0.0615. The maximum absolute atomic E-state index is 12.6. The zero-order valence-electron chi connectivity index (χ0n) is 11.9. The van der Waals surface area contributed by atoms with Gasteiger partial charge in [0.15, 0.2) is 0 Å². The molecule has 3 heterocycles. The fraction of sp³-hybridized carbons (Fsp3) is 0.438. The van der Waals surface area contributed by atoms with Crippen molar-refractivity contribution in [2.24, 2.45) is 0 Å². The molecule has 0 spiro atoms. The van der Waals surface area contributed by atoms with Gasteiger partial charge in [0.1, 0.15) is 4.88 Å². The molecule has 2 aliphatic rings. The van der Waals surface area contributed by atoms with Crippen LogP contribution in [0.1, 0.15) is 35.4 Å². The van der Waals surface area contributed by atoms with Gasteiger partial charge in [-0.3, -0.25) is 4.79 Å². The van der Waals surface area contributed by atoms with E-state index >= 15 is 0 Å². The lowest BCUT2D eigenvalue weighted by Crippen LogP contribution is -2.47. The van der Waals surface area contributed by atoms with Crippen molar-refractivity contribution in [3.63, 3.8) is 0 Å². The van der Waals surface area contributed by atoms with Crippen molar-refractivity contribution >= 4 is 50.5 Å². The van der Waals surface area contributed by atoms with Crippen molar-refractivity contribution in [2.45, 2.75) is 43.8 Å². The van der Waals surface area contributed by atoms with Crippen LogP contribution in [0.15, 0.2) is 18.2 Å². The molecule has 116 valence electrons. The summed E-state index contributed by atoms with van der Waals surface area (Å²) in [6.45, 7) is 0. The molecule has 4 rings (SSSR count). The number of halogens is 2. The Balaban J connectivity index is 1.56. The third kappa shape index (κ3) is 2.62. The van der Waals surface area contributed by atoms with Gasteiger partial charge in [0, 0.05) is 33.2 Å². The molecule has 2 fully saturated rings. The van der Waals surface area contributed by atoms with E-state index in [9.17, 15) is 4.79 Å². The molecule has 2 N–H and O–H groups in total. The van der Waals surface area contributed by atoms with Gasteiger partial charge < -0.3 is 10.6 Å². The quantitative estimate of drug-likeness (QED) is 0.847. The average molecular weight is 355 g/mol. The largest absolute Gasteiger partial charge is 0.348 e. The Labute approximate surface area is 143 Å². The maximum Gasteiger partial charge on any atom is 0.263 e. The number of thiophene rings is 1. The number of nitrogens with one attached hydrogen (secondary N) is 2. The van der Waals surface area contributed by atoms with E-state index in [0.717, 1.165) is 22.9 Å². The zero-order chi connectivity index (χ0) is 15.3. The molecule has 0 saturated carbocycles. The molecule has 0 aliphatic carbocycles. The van der Waals surface area contributed by atoms with Gasteiger partial charge in [0.2, 0.25) is 0 Å². The first kappa shape index (κ1) is 14.8. The molecule has 2 bridgehead atoms. The summed E-state index contributed by atoms with van der Waals surface area (Å²) >= 11 is 13.8. The molecule has 0 radical (unpaired) electrons. The second-order valence-corrected chi connectivity index (χ2v) is 8.03. The Morgan fingerprint density at radius 1 is 1.23 bits per heavy atom. The van der Waals surface area contributed by atoms with Crippen molar-refractivity contribution in [3.05, 3.63) is 33.1 Å². The topological polar surface area (TPSA) is 41.1 Å². The van der Waals surface area contributed by atoms with Gasteiger partial charge in [0.05, 0.1) is 5.02 Å². The molecular formula is C16H16Cl2N2OS. The van der Waals surface area contributed by atoms with E-state index in [4.69, 9.17) is 23.2 Å². The van der Waals surface area contributed by atoms with E-state index in [1.807, 2.05) is 12.1 Å². The van der Waals surface area contributed by atoms with Crippen LogP contribution in [0.5, 0.6) is 0 Å². The monoisotopic (exact) mass is 354 g/mol. The summed E-state index contributed by atoms with van der Waals surface area (Å²) in [5, 5.41) is 8.84. The molecule has 2 atom stereocenters. The van der Waals surface area contributed by atoms with Gasteiger partial charge in [-0.05, 0) is 37.8 Å². The van der Waals surface area contributed by atoms with Crippen LogP contribution in [-0.2, 0) is 0 Å². The molecule has 2 unspecified atom stereocenters. The Kier molecular flexibility index (Phi) is 3.81. The van der Waals surface area contributed by atoms with Crippen molar-refractivity contribution in [1.82, 2.24) is 10.6 Å². The predicted octanol–water partition coefficient (Wildman–Crippen LogP) is 4.22. The standard InChI is InChI=1S/C16H16Cl2N2OS/c17-8-1-4-12-13(5-8)22-15(14(12)18)16(21)20-11-6-9-2-3-10(7-11)19-9/h1,4-5,9-11,19H,2-3,6-7H2,(H,20,21). The fourth-order valence-electron chi connectivity index (χ4n) is 3.61. The average Bonchev–Trinajstić information content (AvgIpc) is 2.99.